The number of carbonyl (C=O) groups excluding carboxylic acids is 1. The van der Waals surface area contributed by atoms with Gasteiger partial charge in [0.2, 0.25) is 0 Å². The number of amides is 1. The van der Waals surface area contributed by atoms with Crippen LogP contribution in [0.3, 0.4) is 0 Å². The molecule has 0 atom stereocenters. The first kappa shape index (κ1) is 12.3. The van der Waals surface area contributed by atoms with Gasteiger partial charge in [-0.2, -0.15) is 0 Å². The van der Waals surface area contributed by atoms with E-state index in [0.29, 0.717) is 0 Å². The Bertz CT molecular complexity index is 546. The van der Waals surface area contributed by atoms with Crippen molar-refractivity contribution < 1.29 is 9.53 Å². The van der Waals surface area contributed by atoms with Gasteiger partial charge in [0.25, 0.3) is 5.91 Å². The van der Waals surface area contributed by atoms with Gasteiger partial charge < -0.3 is 15.0 Å². The Labute approximate surface area is 113 Å². The summed E-state index contributed by atoms with van der Waals surface area (Å²) in [5.74, 6) is 0.781. The zero-order valence-electron chi connectivity index (χ0n) is 11.8. The van der Waals surface area contributed by atoms with E-state index in [1.807, 2.05) is 0 Å². The van der Waals surface area contributed by atoms with E-state index in [9.17, 15) is 4.79 Å². The normalized spacial score (nSPS) is 18.1. The zero-order valence-corrected chi connectivity index (χ0v) is 11.8. The van der Waals surface area contributed by atoms with Gasteiger partial charge in [0, 0.05) is 24.3 Å². The third-order valence-corrected chi connectivity index (χ3v) is 4.25. The van der Waals surface area contributed by atoms with E-state index < -0.39 is 0 Å². The monoisotopic (exact) mass is 260 g/mol. The average Bonchev–Trinajstić information content (AvgIpc) is 2.90. The molecule has 102 valence electrons. The second kappa shape index (κ2) is 4.44. The van der Waals surface area contributed by atoms with Crippen LogP contribution in [0.15, 0.2) is 0 Å². The van der Waals surface area contributed by atoms with Crippen LogP contribution in [-0.4, -0.2) is 25.6 Å². The molecule has 0 aliphatic carbocycles. The predicted molar refractivity (Wildman–Crippen MR) is 76.2 cm³/mol. The molecule has 1 aromatic rings. The van der Waals surface area contributed by atoms with E-state index in [1.54, 1.807) is 0 Å². The van der Waals surface area contributed by atoms with E-state index >= 15 is 0 Å². The summed E-state index contributed by atoms with van der Waals surface area (Å²) in [6.45, 7) is 8.63. The van der Waals surface area contributed by atoms with Crippen LogP contribution in [0, 0.1) is 20.8 Å². The molecule has 2 heterocycles. The molecule has 2 aliphatic rings. The van der Waals surface area contributed by atoms with Crippen molar-refractivity contribution in [1.29, 1.82) is 0 Å². The van der Waals surface area contributed by atoms with Crippen molar-refractivity contribution in [3.63, 3.8) is 0 Å². The molecule has 1 aromatic carbocycles. The summed E-state index contributed by atoms with van der Waals surface area (Å²) in [4.78, 5) is 14.0. The zero-order chi connectivity index (χ0) is 13.6. The van der Waals surface area contributed by atoms with Crippen LogP contribution in [0.25, 0.3) is 0 Å². The average molecular weight is 260 g/mol. The molecule has 4 heteroatoms. The smallest absolute Gasteiger partial charge is 0.262 e. The van der Waals surface area contributed by atoms with E-state index in [2.05, 4.69) is 31.0 Å². The third kappa shape index (κ3) is 1.86. The molecule has 2 aliphatic heterocycles. The third-order valence-electron chi connectivity index (χ3n) is 4.25. The molecule has 1 amide bonds. The van der Waals surface area contributed by atoms with Crippen molar-refractivity contribution in [3.8, 4) is 5.75 Å². The van der Waals surface area contributed by atoms with Gasteiger partial charge in [-0.3, -0.25) is 4.79 Å². The summed E-state index contributed by atoms with van der Waals surface area (Å²) >= 11 is 0. The molecule has 4 nitrogen and oxygen atoms in total. The summed E-state index contributed by atoms with van der Waals surface area (Å²) < 4.78 is 5.62. The maximum atomic E-state index is 11.6. The first-order valence-corrected chi connectivity index (χ1v) is 6.91. The van der Waals surface area contributed by atoms with Gasteiger partial charge >= 0.3 is 0 Å². The van der Waals surface area contributed by atoms with Crippen LogP contribution in [-0.2, 0) is 4.79 Å². The minimum absolute atomic E-state index is 0.0637. The van der Waals surface area contributed by atoms with Crippen LogP contribution < -0.4 is 15.0 Å². The van der Waals surface area contributed by atoms with E-state index in [1.165, 1.54) is 24.1 Å². The Kier molecular flexibility index (Phi) is 2.88. The highest BCUT2D eigenvalue weighted by molar-refractivity contribution is 5.98. The van der Waals surface area contributed by atoms with Crippen LogP contribution >= 0.6 is 0 Å². The van der Waals surface area contributed by atoms with Crippen LogP contribution in [0.2, 0.25) is 0 Å². The number of nitrogens with zero attached hydrogens (tertiary/aromatic N) is 1. The lowest BCUT2D eigenvalue weighted by molar-refractivity contribution is -0.118. The number of carbonyl (C=O) groups is 1. The predicted octanol–water partition coefficient (Wildman–Crippen LogP) is 2.54. The largest absolute Gasteiger partial charge is 0.481 e. The van der Waals surface area contributed by atoms with Crippen molar-refractivity contribution >= 4 is 17.3 Å². The molecular formula is C15H20N2O2. The first-order valence-electron chi connectivity index (χ1n) is 6.91. The highest BCUT2D eigenvalue weighted by Crippen LogP contribution is 2.43. The SMILES string of the molecule is Cc1c(C)c(N2CCCC2)c(C)c2c1OCC(=O)N2. The molecule has 1 fully saturated rings. The lowest BCUT2D eigenvalue weighted by Gasteiger charge is -2.30. The Morgan fingerprint density at radius 1 is 1.05 bits per heavy atom. The van der Waals surface area contributed by atoms with Gasteiger partial charge in [-0.25, -0.2) is 0 Å². The van der Waals surface area contributed by atoms with Crippen LogP contribution in [0.1, 0.15) is 29.5 Å². The summed E-state index contributed by atoms with van der Waals surface area (Å²) in [5.41, 5.74) is 5.69. The number of rotatable bonds is 1. The van der Waals surface area contributed by atoms with E-state index in [0.717, 1.165) is 35.7 Å². The summed E-state index contributed by atoms with van der Waals surface area (Å²) in [5, 5.41) is 2.97. The van der Waals surface area contributed by atoms with E-state index in [-0.39, 0.29) is 12.5 Å². The molecule has 0 aromatic heterocycles. The first-order chi connectivity index (χ1) is 9.09. The maximum Gasteiger partial charge on any atom is 0.262 e. The molecule has 1 saturated heterocycles. The Morgan fingerprint density at radius 2 is 1.74 bits per heavy atom. The minimum atomic E-state index is -0.0637. The van der Waals surface area contributed by atoms with Crippen LogP contribution in [0.4, 0.5) is 11.4 Å². The number of anilines is 2. The van der Waals surface area contributed by atoms with Gasteiger partial charge in [0.05, 0.1) is 5.69 Å². The van der Waals surface area contributed by atoms with Gasteiger partial charge in [-0.15, -0.1) is 0 Å². The van der Waals surface area contributed by atoms with Crippen LogP contribution in [0.5, 0.6) is 5.75 Å². The number of hydrogen-bond donors (Lipinski definition) is 1. The number of nitrogens with one attached hydrogen (secondary N) is 1. The van der Waals surface area contributed by atoms with Gasteiger partial charge in [0.15, 0.2) is 6.61 Å². The topological polar surface area (TPSA) is 41.6 Å². The molecule has 0 spiro atoms. The molecular weight excluding hydrogens is 240 g/mol. The minimum Gasteiger partial charge on any atom is -0.481 e. The number of fused-ring (bicyclic) bond motifs is 1. The number of hydrogen-bond acceptors (Lipinski definition) is 3. The van der Waals surface area contributed by atoms with Crippen molar-refractivity contribution in [2.75, 3.05) is 29.9 Å². The van der Waals surface area contributed by atoms with Gasteiger partial charge in [-0.1, -0.05) is 0 Å². The highest BCUT2D eigenvalue weighted by Gasteiger charge is 2.27. The van der Waals surface area contributed by atoms with Crippen molar-refractivity contribution in [3.05, 3.63) is 16.7 Å². The van der Waals surface area contributed by atoms with Crippen molar-refractivity contribution in [2.45, 2.75) is 33.6 Å². The molecule has 0 radical (unpaired) electrons. The quantitative estimate of drug-likeness (QED) is 0.843. The van der Waals surface area contributed by atoms with Gasteiger partial charge in [-0.05, 0) is 44.7 Å². The van der Waals surface area contributed by atoms with Crippen molar-refractivity contribution in [2.24, 2.45) is 0 Å². The second-order valence-corrected chi connectivity index (χ2v) is 5.46. The molecule has 0 saturated carbocycles. The lowest BCUT2D eigenvalue weighted by atomic mass is 9.98. The summed E-state index contributed by atoms with van der Waals surface area (Å²) in [6.07, 6.45) is 2.50. The fourth-order valence-corrected chi connectivity index (χ4v) is 3.16. The number of ether oxygens (including phenoxy) is 1. The Balaban J connectivity index is 2.17. The Hall–Kier alpha value is -1.71. The van der Waals surface area contributed by atoms with Crippen molar-refractivity contribution in [1.82, 2.24) is 0 Å². The summed E-state index contributed by atoms with van der Waals surface area (Å²) in [6, 6.07) is 0. The molecule has 1 N–H and O–H groups in total. The second-order valence-electron chi connectivity index (χ2n) is 5.46. The molecule has 19 heavy (non-hydrogen) atoms. The fraction of sp³-hybridized carbons (Fsp3) is 0.533. The maximum absolute atomic E-state index is 11.6. The standard InChI is InChI=1S/C15H20N2O2/c1-9-10(2)15-13(16-12(18)8-19-15)11(3)14(9)17-6-4-5-7-17/h4-8H2,1-3H3,(H,16,18). The molecule has 0 unspecified atom stereocenters. The molecule has 3 rings (SSSR count). The molecule has 0 bridgehead atoms. The lowest BCUT2D eigenvalue weighted by Crippen LogP contribution is -2.28. The van der Waals surface area contributed by atoms with Gasteiger partial charge in [0.1, 0.15) is 5.75 Å². The number of benzene rings is 1. The summed E-state index contributed by atoms with van der Waals surface area (Å²) in [7, 11) is 0. The van der Waals surface area contributed by atoms with E-state index in [4.69, 9.17) is 4.74 Å². The highest BCUT2D eigenvalue weighted by atomic mass is 16.5. The Morgan fingerprint density at radius 3 is 2.42 bits per heavy atom. The fourth-order valence-electron chi connectivity index (χ4n) is 3.16.